The van der Waals surface area contributed by atoms with Gasteiger partial charge in [-0.1, -0.05) is 58.1 Å². The first-order valence-corrected chi connectivity index (χ1v) is 19.4. The van der Waals surface area contributed by atoms with Crippen LogP contribution in [0.3, 0.4) is 0 Å². The minimum absolute atomic E-state index is 0.0442. The van der Waals surface area contributed by atoms with Crippen LogP contribution in [-0.2, 0) is 23.8 Å². The summed E-state index contributed by atoms with van der Waals surface area (Å²) in [5.41, 5.74) is 0.925. The number of rotatable bonds is 4. The van der Waals surface area contributed by atoms with Crippen molar-refractivity contribution in [2.75, 3.05) is 12.4 Å². The van der Waals surface area contributed by atoms with Gasteiger partial charge in [0.2, 0.25) is 0 Å². The summed E-state index contributed by atoms with van der Waals surface area (Å²) >= 11 is 0. The molecule has 3 heterocycles. The van der Waals surface area contributed by atoms with E-state index in [0.717, 1.165) is 5.56 Å². The van der Waals surface area contributed by atoms with Crippen LogP contribution in [0, 0.1) is 37.5 Å². The number of anilines is 1. The van der Waals surface area contributed by atoms with Crippen LogP contribution in [-0.4, -0.2) is 86.7 Å². The molecule has 3 aliphatic rings. The second kappa shape index (κ2) is 17.7. The molecule has 9 unspecified atom stereocenters. The van der Waals surface area contributed by atoms with Crippen LogP contribution < -0.4 is 10.1 Å². The lowest BCUT2D eigenvalue weighted by molar-refractivity contribution is -0.160. The summed E-state index contributed by atoms with van der Waals surface area (Å²) in [4.78, 5) is 45.0. The Labute approximate surface area is 343 Å². The third-order valence-electron chi connectivity index (χ3n) is 11.4. The quantitative estimate of drug-likeness (QED) is 0.0694. The maximum atomic E-state index is 14.4. The van der Waals surface area contributed by atoms with Gasteiger partial charge in [-0.2, -0.15) is 0 Å². The number of phenols is 3. The Kier molecular flexibility index (Phi) is 13.3. The minimum atomic E-state index is -2.05. The molecule has 0 saturated heterocycles. The number of hydrogen-bond donors (Lipinski definition) is 6. The fourth-order valence-electron chi connectivity index (χ4n) is 7.72. The number of methoxy groups -OCH3 is 1. The molecular formula is C45H54N2O12. The molecule has 3 aliphatic heterocycles. The number of nitrogens with zero attached hydrogens (tertiary/aromatic N) is 1. The molecule has 14 nitrogen and oxygen atoms in total. The number of esters is 1. The highest BCUT2D eigenvalue weighted by atomic mass is 16.7. The number of carbonyl (C=O) groups is 3. The standard InChI is InChI=1S/C45H54N2O12/c1-21-13-11-16-29(19-21)46-20-30-35-40(53)33-32(39(30)52)34-42(27(7)38(33)51)59-45(9,43(34)54)57-18-17-31(56-10)24(4)41(58-28(8)48)26(6)37(50)25(5)36(49)22(2)14-12-15-23(3)44(55)47-35/h11-20,22,24-26,31,36-37,41,49-53H,1-10H3,(H,47,55)/b14-12+,18-17+,23-15?,46-20?. The average Bonchev–Trinajstić information content (AvgIpc) is 3.46. The number of benzene rings is 3. The Bertz CT molecular complexity index is 2260. The SMILES string of the molecule is COC1/C=C/OC2(C)Oc3c(C)c(O)c4c(O)c(c(C=Nc5cccc(C)c5)c(O)c4c3C2=O)NC(=O)C(C)=C/C=C/C(C)C(O)C(C)C(O)C(C)C(OC(C)=O)C1C. The number of fused-ring (bicyclic) bond motifs is 14. The summed E-state index contributed by atoms with van der Waals surface area (Å²) in [6.07, 6.45) is 4.74. The molecule has 6 rings (SSSR count). The lowest BCUT2D eigenvalue weighted by atomic mass is 9.78. The molecule has 0 aromatic heterocycles. The van der Waals surface area contributed by atoms with Gasteiger partial charge in [0, 0.05) is 67.4 Å². The van der Waals surface area contributed by atoms with Gasteiger partial charge in [0.15, 0.2) is 5.75 Å². The summed E-state index contributed by atoms with van der Waals surface area (Å²) in [5, 5.41) is 60.4. The van der Waals surface area contributed by atoms with Gasteiger partial charge in [0.1, 0.15) is 23.4 Å². The monoisotopic (exact) mass is 814 g/mol. The van der Waals surface area contributed by atoms with Crippen molar-refractivity contribution < 1.29 is 58.9 Å². The van der Waals surface area contributed by atoms with E-state index in [0.29, 0.717) is 5.69 Å². The topological polar surface area (TPSA) is 214 Å². The lowest BCUT2D eigenvalue weighted by Crippen LogP contribution is -2.46. The van der Waals surface area contributed by atoms with Crippen molar-refractivity contribution >= 4 is 46.0 Å². The molecule has 14 heteroatoms. The van der Waals surface area contributed by atoms with Crippen LogP contribution in [0.5, 0.6) is 23.0 Å². The summed E-state index contributed by atoms with van der Waals surface area (Å²) in [6, 6.07) is 7.15. The number of hydrogen-bond acceptors (Lipinski definition) is 13. The molecule has 0 fully saturated rings. The van der Waals surface area contributed by atoms with E-state index < -0.39 is 88.8 Å². The highest BCUT2D eigenvalue weighted by Gasteiger charge is 2.50. The molecule has 5 bridgehead atoms. The van der Waals surface area contributed by atoms with Gasteiger partial charge in [0.25, 0.3) is 11.7 Å². The first-order valence-electron chi connectivity index (χ1n) is 19.4. The van der Waals surface area contributed by atoms with Crippen LogP contribution in [0.4, 0.5) is 11.4 Å². The number of carbonyl (C=O) groups excluding carboxylic acids is 3. The van der Waals surface area contributed by atoms with E-state index in [1.54, 1.807) is 58.0 Å². The van der Waals surface area contributed by atoms with Gasteiger partial charge < -0.3 is 49.8 Å². The number of aliphatic hydroxyl groups is 2. The first-order chi connectivity index (χ1) is 27.7. The van der Waals surface area contributed by atoms with Crippen LogP contribution in [0.1, 0.15) is 75.5 Å². The second-order valence-corrected chi connectivity index (χ2v) is 15.7. The van der Waals surface area contributed by atoms with E-state index in [1.165, 1.54) is 59.4 Å². The van der Waals surface area contributed by atoms with Crippen LogP contribution in [0.15, 0.2) is 65.4 Å². The Morgan fingerprint density at radius 3 is 2.27 bits per heavy atom. The number of aliphatic imine (C=N–C) groups is 1. The molecule has 0 saturated carbocycles. The molecule has 0 spiro atoms. The molecule has 9 atom stereocenters. The average molecular weight is 815 g/mol. The van der Waals surface area contributed by atoms with E-state index in [2.05, 4.69) is 10.3 Å². The number of aryl methyl sites for hydroxylation is 1. The summed E-state index contributed by atoms with van der Waals surface area (Å²) in [6.45, 7) is 14.3. The van der Waals surface area contributed by atoms with Gasteiger partial charge in [-0.15, -0.1) is 0 Å². The van der Waals surface area contributed by atoms with E-state index in [4.69, 9.17) is 18.9 Å². The van der Waals surface area contributed by atoms with Gasteiger partial charge >= 0.3 is 11.8 Å². The largest absolute Gasteiger partial charge is 0.507 e. The van der Waals surface area contributed by atoms with E-state index in [9.17, 15) is 39.9 Å². The number of ether oxygens (including phenoxy) is 4. The highest BCUT2D eigenvalue weighted by molar-refractivity contribution is 6.24. The highest BCUT2D eigenvalue weighted by Crippen LogP contribution is 2.55. The number of ketones is 1. The van der Waals surface area contributed by atoms with E-state index in [-0.39, 0.29) is 44.5 Å². The molecule has 6 N–H and O–H groups in total. The molecular weight excluding hydrogens is 760 g/mol. The van der Waals surface area contributed by atoms with Crippen molar-refractivity contribution in [3.8, 4) is 23.0 Å². The third-order valence-corrected chi connectivity index (χ3v) is 11.4. The fraction of sp³-hybridized carbons (Fsp3) is 0.422. The number of phenolic OH excluding ortho intramolecular Hbond substituents is 3. The Hall–Kier alpha value is -5.70. The predicted molar refractivity (Wildman–Crippen MR) is 222 cm³/mol. The molecule has 0 radical (unpaired) electrons. The number of amides is 1. The van der Waals surface area contributed by atoms with Crippen LogP contribution in [0.2, 0.25) is 0 Å². The smallest absolute Gasteiger partial charge is 0.312 e. The maximum Gasteiger partial charge on any atom is 0.312 e. The van der Waals surface area contributed by atoms with Crippen molar-refractivity contribution in [2.24, 2.45) is 28.7 Å². The van der Waals surface area contributed by atoms with Crippen LogP contribution in [0.25, 0.3) is 10.8 Å². The number of nitrogens with one attached hydrogen (secondary N) is 1. The summed E-state index contributed by atoms with van der Waals surface area (Å²) in [5.74, 6) is -8.49. The molecule has 1 amide bonds. The van der Waals surface area contributed by atoms with Crippen LogP contribution >= 0.6 is 0 Å². The van der Waals surface area contributed by atoms with Gasteiger partial charge in [-0.3, -0.25) is 19.4 Å². The second-order valence-electron chi connectivity index (χ2n) is 15.7. The lowest BCUT2D eigenvalue weighted by Gasteiger charge is -2.38. The molecule has 59 heavy (non-hydrogen) atoms. The minimum Gasteiger partial charge on any atom is -0.507 e. The third kappa shape index (κ3) is 8.70. The van der Waals surface area contributed by atoms with Crippen molar-refractivity contribution in [3.05, 3.63) is 82.7 Å². The Morgan fingerprint density at radius 2 is 1.63 bits per heavy atom. The Balaban J connectivity index is 1.73. The summed E-state index contributed by atoms with van der Waals surface area (Å²) in [7, 11) is 1.43. The van der Waals surface area contributed by atoms with Crippen molar-refractivity contribution in [1.29, 1.82) is 0 Å². The van der Waals surface area contributed by atoms with Crippen molar-refractivity contribution in [3.63, 3.8) is 0 Å². The van der Waals surface area contributed by atoms with Crippen molar-refractivity contribution in [2.45, 2.75) is 92.5 Å². The first kappa shape index (κ1) is 44.4. The number of allylic oxidation sites excluding steroid dienone is 2. The maximum absolute atomic E-state index is 14.4. The molecule has 316 valence electrons. The zero-order valence-electron chi connectivity index (χ0n) is 34.9. The number of aromatic hydroxyl groups is 3. The van der Waals surface area contributed by atoms with Gasteiger partial charge in [-0.25, -0.2) is 0 Å². The summed E-state index contributed by atoms with van der Waals surface area (Å²) < 4.78 is 23.6. The normalized spacial score (nSPS) is 29.2. The Morgan fingerprint density at radius 1 is 0.932 bits per heavy atom. The fourth-order valence-corrected chi connectivity index (χ4v) is 7.72. The van der Waals surface area contributed by atoms with Gasteiger partial charge in [-0.05, 0) is 44.5 Å². The van der Waals surface area contributed by atoms with Gasteiger partial charge in [0.05, 0.1) is 52.5 Å². The van der Waals surface area contributed by atoms with Crippen molar-refractivity contribution in [1.82, 2.24) is 0 Å². The van der Waals surface area contributed by atoms with E-state index >= 15 is 0 Å². The molecule has 0 aliphatic carbocycles. The molecule has 3 aromatic rings. The molecule has 3 aromatic carbocycles. The number of aliphatic hydroxyl groups excluding tert-OH is 2. The zero-order chi connectivity index (χ0) is 43.7. The number of Topliss-reactive ketones (excluding diaryl/α,β-unsaturated/α-hetero) is 1. The predicted octanol–water partition coefficient (Wildman–Crippen LogP) is 6.81. The van der Waals surface area contributed by atoms with E-state index in [1.807, 2.05) is 13.0 Å². The zero-order valence-corrected chi connectivity index (χ0v) is 34.9.